The van der Waals surface area contributed by atoms with Crippen molar-refractivity contribution in [1.82, 2.24) is 0 Å². The molecule has 2 heterocycles. The molecule has 4 rings (SSSR count). The topological polar surface area (TPSA) is 63.5 Å². The molecule has 4 nitrogen and oxygen atoms in total. The van der Waals surface area contributed by atoms with Gasteiger partial charge in [0.15, 0.2) is 0 Å². The quantitative estimate of drug-likeness (QED) is 0.873. The van der Waals surface area contributed by atoms with Crippen molar-refractivity contribution >= 4 is 6.08 Å². The van der Waals surface area contributed by atoms with Crippen molar-refractivity contribution in [3.63, 3.8) is 0 Å². The van der Waals surface area contributed by atoms with Crippen molar-refractivity contribution in [2.24, 2.45) is 5.73 Å². The lowest BCUT2D eigenvalue weighted by atomic mass is 9.80. The molecule has 0 fully saturated rings. The van der Waals surface area contributed by atoms with E-state index in [1.807, 2.05) is 36.4 Å². The van der Waals surface area contributed by atoms with Crippen LogP contribution in [-0.4, -0.2) is 19.6 Å². The second-order valence-electron chi connectivity index (χ2n) is 7.23. The van der Waals surface area contributed by atoms with Gasteiger partial charge in [-0.2, -0.15) is 5.26 Å². The Labute approximate surface area is 165 Å². The van der Waals surface area contributed by atoms with Crippen LogP contribution in [0.15, 0.2) is 89.0 Å². The summed E-state index contributed by atoms with van der Waals surface area (Å²) < 4.78 is 6.06. The average molecular weight is 370 g/mol. The molecule has 28 heavy (non-hydrogen) atoms. The number of hydrogen-bond acceptors (Lipinski definition) is 3. The molecular formula is C24H24N3O+. The molecule has 0 spiro atoms. The predicted molar refractivity (Wildman–Crippen MR) is 110 cm³/mol. The highest BCUT2D eigenvalue weighted by molar-refractivity contribution is 5.62. The highest BCUT2D eigenvalue weighted by Crippen LogP contribution is 2.41. The van der Waals surface area contributed by atoms with Gasteiger partial charge in [-0.15, -0.1) is 0 Å². The Morgan fingerprint density at radius 2 is 1.79 bits per heavy atom. The first kappa shape index (κ1) is 18.1. The van der Waals surface area contributed by atoms with Gasteiger partial charge in [0.2, 0.25) is 5.88 Å². The van der Waals surface area contributed by atoms with Crippen molar-refractivity contribution in [3.8, 4) is 6.07 Å². The first-order valence-corrected chi connectivity index (χ1v) is 9.66. The summed E-state index contributed by atoms with van der Waals surface area (Å²) in [6, 6.07) is 22.7. The molecule has 2 aliphatic heterocycles. The second-order valence-corrected chi connectivity index (χ2v) is 7.23. The molecule has 0 radical (unpaired) electrons. The van der Waals surface area contributed by atoms with Crippen molar-refractivity contribution in [1.29, 1.82) is 5.26 Å². The van der Waals surface area contributed by atoms with Crippen LogP contribution in [0.1, 0.15) is 24.0 Å². The fraction of sp³-hybridized carbons (Fsp3) is 0.208. The van der Waals surface area contributed by atoms with E-state index < -0.39 is 0 Å². The maximum Gasteiger partial charge on any atom is 0.205 e. The molecule has 2 aromatic rings. The van der Waals surface area contributed by atoms with E-state index in [-0.39, 0.29) is 11.8 Å². The van der Waals surface area contributed by atoms with Crippen LogP contribution in [0.5, 0.6) is 0 Å². The van der Waals surface area contributed by atoms with E-state index in [4.69, 9.17) is 10.5 Å². The zero-order valence-corrected chi connectivity index (χ0v) is 16.0. The number of quaternary nitrogens is 1. The second kappa shape index (κ2) is 7.75. The largest absolute Gasteiger partial charge is 0.440 e. The van der Waals surface area contributed by atoms with E-state index in [2.05, 4.69) is 43.3 Å². The Kier molecular flexibility index (Phi) is 5.01. The summed E-state index contributed by atoms with van der Waals surface area (Å²) in [6.45, 7) is 4.92. The lowest BCUT2D eigenvalue weighted by Crippen LogP contribution is -3.12. The predicted octanol–water partition coefficient (Wildman–Crippen LogP) is 2.75. The molecule has 2 atom stereocenters. The Morgan fingerprint density at radius 3 is 2.43 bits per heavy atom. The number of allylic oxidation sites excluding steroid dienone is 1. The van der Waals surface area contributed by atoms with Crippen LogP contribution < -0.4 is 10.6 Å². The Balaban J connectivity index is 1.87. The molecular weight excluding hydrogens is 346 g/mol. The van der Waals surface area contributed by atoms with Crippen LogP contribution >= 0.6 is 0 Å². The van der Waals surface area contributed by atoms with E-state index >= 15 is 0 Å². The number of nitrogens with one attached hydrogen (secondary N) is 1. The summed E-state index contributed by atoms with van der Waals surface area (Å²) in [5.74, 6) is 0.899. The van der Waals surface area contributed by atoms with Gasteiger partial charge >= 0.3 is 0 Å². The molecule has 0 bridgehead atoms. The zero-order valence-electron chi connectivity index (χ0n) is 16.0. The number of ether oxygens (including phenoxy) is 1. The van der Waals surface area contributed by atoms with Gasteiger partial charge in [0.1, 0.15) is 30.5 Å². The van der Waals surface area contributed by atoms with E-state index in [0.29, 0.717) is 5.57 Å². The van der Waals surface area contributed by atoms with Crippen molar-refractivity contribution in [2.75, 3.05) is 19.6 Å². The summed E-state index contributed by atoms with van der Waals surface area (Å²) in [5, 5.41) is 9.80. The number of nitrogens with two attached hydrogens (primary N) is 1. The van der Waals surface area contributed by atoms with Gasteiger partial charge in [-0.05, 0) is 24.1 Å². The summed E-state index contributed by atoms with van der Waals surface area (Å²) >= 11 is 0. The fourth-order valence-corrected chi connectivity index (χ4v) is 4.06. The highest BCUT2D eigenvalue weighted by Gasteiger charge is 2.39. The van der Waals surface area contributed by atoms with Gasteiger partial charge < -0.3 is 15.4 Å². The van der Waals surface area contributed by atoms with Crippen molar-refractivity contribution < 1.29 is 9.64 Å². The summed E-state index contributed by atoms with van der Waals surface area (Å²) in [6.07, 6.45) is 2.18. The monoisotopic (exact) mass is 370 g/mol. The molecule has 2 aliphatic rings. The van der Waals surface area contributed by atoms with Gasteiger partial charge in [-0.25, -0.2) is 0 Å². The smallest absolute Gasteiger partial charge is 0.205 e. The van der Waals surface area contributed by atoms with E-state index in [9.17, 15) is 5.26 Å². The molecule has 1 unspecified atom stereocenters. The summed E-state index contributed by atoms with van der Waals surface area (Å²) in [5.41, 5.74) is 11.2. The minimum Gasteiger partial charge on any atom is -0.440 e. The molecule has 140 valence electrons. The lowest BCUT2D eigenvalue weighted by Gasteiger charge is -2.35. The van der Waals surface area contributed by atoms with Gasteiger partial charge in [0.05, 0.1) is 12.5 Å². The third-order valence-electron chi connectivity index (χ3n) is 5.47. The van der Waals surface area contributed by atoms with Gasteiger partial charge in [0, 0.05) is 11.1 Å². The van der Waals surface area contributed by atoms with Crippen molar-refractivity contribution in [2.45, 2.75) is 12.8 Å². The third kappa shape index (κ3) is 3.33. The lowest BCUT2D eigenvalue weighted by molar-refractivity contribution is -0.890. The molecule has 0 saturated carbocycles. The number of nitriles is 1. The number of likely N-dealkylation sites (N-methyl/N-ethyl adjacent to an activating group) is 1. The number of rotatable bonds is 3. The van der Waals surface area contributed by atoms with Crippen LogP contribution in [0.25, 0.3) is 6.08 Å². The van der Waals surface area contributed by atoms with Crippen LogP contribution in [-0.2, 0) is 4.74 Å². The van der Waals surface area contributed by atoms with Crippen LogP contribution in [0, 0.1) is 11.3 Å². The van der Waals surface area contributed by atoms with E-state index in [0.717, 1.165) is 47.7 Å². The third-order valence-corrected chi connectivity index (χ3v) is 5.47. The van der Waals surface area contributed by atoms with Gasteiger partial charge in [-0.3, -0.25) is 0 Å². The van der Waals surface area contributed by atoms with Gasteiger partial charge in [-0.1, -0.05) is 60.7 Å². The standard InChI is InChI=1S/C24H23N3O/c1-2-27-15-19(13-17-9-5-3-6-10-17)23-21(16-27)22(18-11-7-4-8-12-18)20(14-25)24(26)28-23/h3-13,22H,2,15-16,26H2,1H3/p+1/b19-13+/t22-/m1/s1. The zero-order chi connectivity index (χ0) is 19.5. The number of nitrogens with zero attached hydrogens (tertiary/aromatic N) is 1. The molecule has 2 aromatic carbocycles. The normalized spacial score (nSPS) is 23.2. The van der Waals surface area contributed by atoms with Crippen LogP contribution in [0.4, 0.5) is 0 Å². The molecule has 4 heteroatoms. The minimum absolute atomic E-state index is 0.157. The highest BCUT2D eigenvalue weighted by atomic mass is 16.5. The maximum absolute atomic E-state index is 9.80. The first-order chi connectivity index (χ1) is 13.7. The van der Waals surface area contributed by atoms with Crippen LogP contribution in [0.3, 0.4) is 0 Å². The SMILES string of the molecule is CC[NH+]1CC2=C(OC(N)=C(C#N)[C@H]2c2ccccc2)/C(=C/c2ccccc2)C1. The molecule has 0 aliphatic carbocycles. The van der Waals surface area contributed by atoms with Crippen molar-refractivity contribution in [3.05, 3.63) is 100 Å². The first-order valence-electron chi connectivity index (χ1n) is 9.66. The molecule has 3 N–H and O–H groups in total. The van der Waals surface area contributed by atoms with E-state index in [1.54, 1.807) is 0 Å². The number of benzene rings is 2. The summed E-state index contributed by atoms with van der Waals surface area (Å²) in [7, 11) is 0. The molecule has 0 saturated heterocycles. The van der Waals surface area contributed by atoms with Gasteiger partial charge in [0.25, 0.3) is 0 Å². The Bertz CT molecular complexity index is 997. The molecule has 0 amide bonds. The average Bonchev–Trinajstić information content (AvgIpc) is 2.74. The maximum atomic E-state index is 9.80. The summed E-state index contributed by atoms with van der Waals surface area (Å²) in [4.78, 5) is 1.45. The van der Waals surface area contributed by atoms with Crippen LogP contribution in [0.2, 0.25) is 0 Å². The molecule has 0 aromatic heterocycles. The number of hydrogen-bond donors (Lipinski definition) is 2. The Hall–Kier alpha value is -3.29. The fourth-order valence-electron chi connectivity index (χ4n) is 4.06. The minimum atomic E-state index is -0.157. The Morgan fingerprint density at radius 1 is 1.11 bits per heavy atom. The van der Waals surface area contributed by atoms with E-state index in [1.165, 1.54) is 4.90 Å².